The molecule has 2 heterocycles. The minimum Gasteiger partial charge on any atom is -0.369 e. The Bertz CT molecular complexity index is 987. The number of nitrogens with one attached hydrogen (secondary N) is 1. The lowest BCUT2D eigenvalue weighted by Gasteiger charge is -2.34. The second kappa shape index (κ2) is 9.38. The number of anilines is 2. The largest absolute Gasteiger partial charge is 0.369 e. The van der Waals surface area contributed by atoms with Crippen LogP contribution in [0.1, 0.15) is 12.8 Å². The maximum atomic E-state index is 12.9. The van der Waals surface area contributed by atoms with E-state index in [1.165, 1.54) is 4.31 Å². The molecule has 2 fully saturated rings. The third kappa shape index (κ3) is 5.08. The Kier molecular flexibility index (Phi) is 6.60. The number of nitrogens with zero attached hydrogens (tertiary/aromatic N) is 3. The third-order valence-electron chi connectivity index (χ3n) is 6.14. The number of rotatable bonds is 5. The summed E-state index contributed by atoms with van der Waals surface area (Å²) in [7, 11) is -1.45. The summed E-state index contributed by atoms with van der Waals surface area (Å²) in [5.74, 6) is -0.482. The molecule has 2 aromatic rings. The molecule has 0 aromatic heterocycles. The van der Waals surface area contributed by atoms with Crippen LogP contribution in [0.3, 0.4) is 0 Å². The van der Waals surface area contributed by atoms with Crippen molar-refractivity contribution in [1.82, 2.24) is 9.21 Å². The summed E-state index contributed by atoms with van der Waals surface area (Å²) in [6.07, 6.45) is 1.36. The van der Waals surface area contributed by atoms with Crippen molar-refractivity contribution in [3.05, 3.63) is 54.6 Å². The molecule has 8 heteroatoms. The molecular weight excluding hydrogens is 412 g/mol. The molecular formula is C23H30N4O3S. The van der Waals surface area contributed by atoms with Crippen molar-refractivity contribution in [3.8, 4) is 0 Å². The molecule has 31 heavy (non-hydrogen) atoms. The van der Waals surface area contributed by atoms with Crippen LogP contribution in [0.2, 0.25) is 0 Å². The van der Waals surface area contributed by atoms with Gasteiger partial charge in [-0.05, 0) is 56.3 Å². The molecule has 2 saturated heterocycles. The van der Waals surface area contributed by atoms with Crippen LogP contribution < -0.4 is 10.2 Å². The minimum absolute atomic E-state index is 0.125. The van der Waals surface area contributed by atoms with Crippen molar-refractivity contribution in [2.75, 3.05) is 56.5 Å². The first kappa shape index (κ1) is 21.8. The number of likely N-dealkylation sites (N-methyl/N-ethyl adjacent to an activating group) is 1. The van der Waals surface area contributed by atoms with Gasteiger partial charge >= 0.3 is 0 Å². The third-order valence-corrected chi connectivity index (χ3v) is 8.02. The van der Waals surface area contributed by atoms with Gasteiger partial charge in [-0.25, -0.2) is 8.42 Å². The quantitative estimate of drug-likeness (QED) is 0.770. The molecule has 166 valence electrons. The van der Waals surface area contributed by atoms with Gasteiger partial charge in [0.15, 0.2) is 0 Å². The molecule has 0 bridgehead atoms. The van der Waals surface area contributed by atoms with Gasteiger partial charge in [0, 0.05) is 50.6 Å². The number of carbonyl (C=O) groups is 1. The molecule has 2 aromatic carbocycles. The molecule has 7 nitrogen and oxygen atoms in total. The fourth-order valence-corrected chi connectivity index (χ4v) is 5.73. The average Bonchev–Trinajstić information content (AvgIpc) is 2.81. The number of amides is 1. The molecule has 0 aliphatic carbocycles. The predicted molar refractivity (Wildman–Crippen MR) is 123 cm³/mol. The smallest absolute Gasteiger partial charge is 0.243 e. The van der Waals surface area contributed by atoms with E-state index >= 15 is 0 Å². The molecule has 4 rings (SSSR count). The van der Waals surface area contributed by atoms with Crippen molar-refractivity contribution >= 4 is 27.3 Å². The fourth-order valence-electron chi connectivity index (χ4n) is 4.18. The van der Waals surface area contributed by atoms with E-state index in [-0.39, 0.29) is 23.3 Å². The van der Waals surface area contributed by atoms with Crippen molar-refractivity contribution in [2.45, 2.75) is 17.7 Å². The average molecular weight is 443 g/mol. The first-order chi connectivity index (χ1) is 14.9. The topological polar surface area (TPSA) is 73.0 Å². The highest BCUT2D eigenvalue weighted by Gasteiger charge is 2.33. The van der Waals surface area contributed by atoms with Crippen LogP contribution >= 0.6 is 0 Å². The Morgan fingerprint density at radius 3 is 2.29 bits per heavy atom. The van der Waals surface area contributed by atoms with E-state index in [2.05, 4.69) is 22.2 Å². The highest BCUT2D eigenvalue weighted by atomic mass is 32.2. The Balaban J connectivity index is 1.37. The van der Waals surface area contributed by atoms with Gasteiger partial charge in [-0.2, -0.15) is 4.31 Å². The van der Waals surface area contributed by atoms with Crippen LogP contribution in [0, 0.1) is 5.92 Å². The number of hydrogen-bond acceptors (Lipinski definition) is 5. The van der Waals surface area contributed by atoms with Crippen LogP contribution in [0.5, 0.6) is 0 Å². The number of benzene rings is 2. The standard InChI is InChI=1S/C23H30N4O3S/c1-25-14-16-26(17-15-25)21-11-9-20(10-12-21)24-23(28)19-6-5-13-27(18-19)31(29,30)22-7-3-2-4-8-22/h2-4,7-12,19H,5-6,13-18H2,1H3,(H,24,28). The van der Waals surface area contributed by atoms with Gasteiger partial charge < -0.3 is 15.1 Å². The van der Waals surface area contributed by atoms with Gasteiger partial charge in [-0.15, -0.1) is 0 Å². The van der Waals surface area contributed by atoms with Gasteiger partial charge in [0.25, 0.3) is 0 Å². The molecule has 0 radical (unpaired) electrons. The van der Waals surface area contributed by atoms with E-state index in [0.717, 1.165) is 37.6 Å². The Morgan fingerprint density at radius 1 is 0.935 bits per heavy atom. The molecule has 1 amide bonds. The number of hydrogen-bond donors (Lipinski definition) is 1. The van der Waals surface area contributed by atoms with Crippen molar-refractivity contribution in [1.29, 1.82) is 0 Å². The number of piperidine rings is 1. The lowest BCUT2D eigenvalue weighted by atomic mass is 9.98. The summed E-state index contributed by atoms with van der Waals surface area (Å²) in [6, 6.07) is 16.3. The Labute approximate surface area is 184 Å². The van der Waals surface area contributed by atoms with E-state index in [4.69, 9.17) is 0 Å². The van der Waals surface area contributed by atoms with Crippen LogP contribution in [0.4, 0.5) is 11.4 Å². The van der Waals surface area contributed by atoms with E-state index in [0.29, 0.717) is 19.4 Å². The monoisotopic (exact) mass is 442 g/mol. The lowest BCUT2D eigenvalue weighted by molar-refractivity contribution is -0.120. The summed E-state index contributed by atoms with van der Waals surface area (Å²) in [4.78, 5) is 17.8. The molecule has 1 unspecified atom stereocenters. The van der Waals surface area contributed by atoms with Crippen LogP contribution in [-0.2, 0) is 14.8 Å². The maximum absolute atomic E-state index is 12.9. The number of piperazine rings is 1. The number of sulfonamides is 1. The fraction of sp³-hybridized carbons (Fsp3) is 0.435. The summed E-state index contributed by atoms with van der Waals surface area (Å²) < 4.78 is 27.3. The van der Waals surface area contributed by atoms with Crippen LogP contribution in [-0.4, -0.2) is 69.8 Å². The zero-order chi connectivity index (χ0) is 21.8. The summed E-state index contributed by atoms with van der Waals surface area (Å²) in [5, 5.41) is 2.97. The van der Waals surface area contributed by atoms with E-state index in [1.54, 1.807) is 30.3 Å². The van der Waals surface area contributed by atoms with Gasteiger partial charge in [0.1, 0.15) is 0 Å². The first-order valence-electron chi connectivity index (χ1n) is 10.8. The van der Waals surface area contributed by atoms with Crippen LogP contribution in [0.25, 0.3) is 0 Å². The molecule has 2 aliphatic rings. The normalized spacial score (nSPS) is 21.1. The van der Waals surface area contributed by atoms with Crippen molar-refractivity contribution in [2.24, 2.45) is 5.92 Å². The van der Waals surface area contributed by atoms with E-state index in [9.17, 15) is 13.2 Å². The highest BCUT2D eigenvalue weighted by molar-refractivity contribution is 7.89. The Morgan fingerprint density at radius 2 is 1.61 bits per heavy atom. The molecule has 1 atom stereocenters. The first-order valence-corrected chi connectivity index (χ1v) is 12.3. The summed E-state index contributed by atoms with van der Waals surface area (Å²) >= 11 is 0. The number of carbonyl (C=O) groups excluding carboxylic acids is 1. The molecule has 1 N–H and O–H groups in total. The predicted octanol–water partition coefficient (Wildman–Crippen LogP) is 2.48. The maximum Gasteiger partial charge on any atom is 0.243 e. The molecule has 2 aliphatic heterocycles. The lowest BCUT2D eigenvalue weighted by Crippen LogP contribution is -2.44. The van der Waals surface area contributed by atoms with E-state index in [1.807, 2.05) is 24.3 Å². The summed E-state index contributed by atoms with van der Waals surface area (Å²) in [5.41, 5.74) is 1.90. The van der Waals surface area contributed by atoms with Gasteiger partial charge in [-0.1, -0.05) is 18.2 Å². The van der Waals surface area contributed by atoms with Crippen LogP contribution in [0.15, 0.2) is 59.5 Å². The van der Waals surface area contributed by atoms with Crippen molar-refractivity contribution in [3.63, 3.8) is 0 Å². The Hall–Kier alpha value is -2.42. The zero-order valence-electron chi connectivity index (χ0n) is 17.9. The van der Waals surface area contributed by atoms with Gasteiger partial charge in [0.05, 0.1) is 10.8 Å². The molecule has 0 spiro atoms. The second-order valence-corrected chi connectivity index (χ2v) is 10.3. The SMILES string of the molecule is CN1CCN(c2ccc(NC(=O)C3CCCN(S(=O)(=O)c4ccccc4)C3)cc2)CC1. The van der Waals surface area contributed by atoms with Gasteiger partial charge in [0.2, 0.25) is 15.9 Å². The molecule has 0 saturated carbocycles. The van der Waals surface area contributed by atoms with Gasteiger partial charge in [-0.3, -0.25) is 4.79 Å². The second-order valence-electron chi connectivity index (χ2n) is 8.34. The zero-order valence-corrected chi connectivity index (χ0v) is 18.7. The minimum atomic E-state index is -3.58. The van der Waals surface area contributed by atoms with E-state index < -0.39 is 10.0 Å². The van der Waals surface area contributed by atoms with Crippen molar-refractivity contribution < 1.29 is 13.2 Å². The summed E-state index contributed by atoms with van der Waals surface area (Å²) in [6.45, 7) is 4.74. The highest BCUT2D eigenvalue weighted by Crippen LogP contribution is 2.25.